The molecule has 0 N–H and O–H groups in total. The third kappa shape index (κ3) is 7.54. The SMILES string of the molecule is [CH2]COC=CCCCC. The monoisotopic (exact) mass is 127 g/mol. The summed E-state index contributed by atoms with van der Waals surface area (Å²) >= 11 is 0. The highest BCUT2D eigenvalue weighted by Gasteiger charge is 1.76. The highest BCUT2D eigenvalue weighted by Crippen LogP contribution is 1.94. The van der Waals surface area contributed by atoms with E-state index in [9.17, 15) is 0 Å². The van der Waals surface area contributed by atoms with Gasteiger partial charge in [0.2, 0.25) is 0 Å². The summed E-state index contributed by atoms with van der Waals surface area (Å²) in [5.41, 5.74) is 0. The number of hydrogen-bond acceptors (Lipinski definition) is 1. The van der Waals surface area contributed by atoms with E-state index in [1.807, 2.05) is 6.08 Å². The van der Waals surface area contributed by atoms with Crippen LogP contribution in [0.15, 0.2) is 12.3 Å². The lowest BCUT2D eigenvalue weighted by Crippen LogP contribution is -1.76. The van der Waals surface area contributed by atoms with Crippen LogP contribution in [0.25, 0.3) is 0 Å². The highest BCUT2D eigenvalue weighted by molar-refractivity contribution is 4.72. The Morgan fingerprint density at radius 3 is 2.89 bits per heavy atom. The van der Waals surface area contributed by atoms with Crippen molar-refractivity contribution in [3.63, 3.8) is 0 Å². The number of rotatable bonds is 5. The van der Waals surface area contributed by atoms with Gasteiger partial charge in [0.1, 0.15) is 0 Å². The zero-order valence-electron chi connectivity index (χ0n) is 6.10. The topological polar surface area (TPSA) is 9.23 Å². The molecule has 0 fully saturated rings. The molecule has 0 saturated heterocycles. The number of ether oxygens (including phenoxy) is 1. The molecule has 0 amide bonds. The standard InChI is InChI=1S/C8H15O/c1-3-5-6-7-8-9-4-2/h7-8H,2-6H2,1H3. The molecular weight excluding hydrogens is 112 g/mol. The second kappa shape index (κ2) is 7.54. The first kappa shape index (κ1) is 8.54. The van der Waals surface area contributed by atoms with Gasteiger partial charge in [0.25, 0.3) is 0 Å². The van der Waals surface area contributed by atoms with Crippen molar-refractivity contribution in [1.29, 1.82) is 0 Å². The Labute approximate surface area is 57.7 Å². The van der Waals surface area contributed by atoms with Crippen LogP contribution in [0.1, 0.15) is 26.2 Å². The minimum Gasteiger partial charge on any atom is -0.502 e. The molecule has 1 radical (unpaired) electrons. The van der Waals surface area contributed by atoms with Crippen LogP contribution in [0.5, 0.6) is 0 Å². The van der Waals surface area contributed by atoms with Crippen molar-refractivity contribution in [3.8, 4) is 0 Å². The van der Waals surface area contributed by atoms with Gasteiger partial charge in [-0.3, -0.25) is 0 Å². The van der Waals surface area contributed by atoms with Gasteiger partial charge in [-0.25, -0.2) is 0 Å². The lowest BCUT2D eigenvalue weighted by atomic mass is 10.2. The minimum atomic E-state index is 0.530. The van der Waals surface area contributed by atoms with Crippen molar-refractivity contribution in [1.82, 2.24) is 0 Å². The predicted molar refractivity (Wildman–Crippen MR) is 40.0 cm³/mol. The summed E-state index contributed by atoms with van der Waals surface area (Å²) < 4.78 is 4.89. The van der Waals surface area contributed by atoms with Crippen LogP contribution < -0.4 is 0 Å². The van der Waals surface area contributed by atoms with Gasteiger partial charge >= 0.3 is 0 Å². The largest absolute Gasteiger partial charge is 0.502 e. The van der Waals surface area contributed by atoms with Crippen LogP contribution in [0.3, 0.4) is 0 Å². The first-order chi connectivity index (χ1) is 4.41. The van der Waals surface area contributed by atoms with Gasteiger partial charge in [0.05, 0.1) is 12.9 Å². The van der Waals surface area contributed by atoms with E-state index in [2.05, 4.69) is 13.8 Å². The minimum absolute atomic E-state index is 0.530. The third-order valence-electron chi connectivity index (χ3n) is 1.03. The average molecular weight is 127 g/mol. The van der Waals surface area contributed by atoms with E-state index in [0.717, 1.165) is 6.42 Å². The van der Waals surface area contributed by atoms with Crippen molar-refractivity contribution >= 4 is 0 Å². The Hall–Kier alpha value is -0.460. The summed E-state index contributed by atoms with van der Waals surface area (Å²) in [6.45, 7) is 6.24. The lowest BCUT2D eigenvalue weighted by molar-refractivity contribution is 0.286. The molecule has 0 unspecified atom stereocenters. The van der Waals surface area contributed by atoms with Gasteiger partial charge in [-0.2, -0.15) is 0 Å². The van der Waals surface area contributed by atoms with Crippen LogP contribution in [-0.4, -0.2) is 6.61 Å². The maximum absolute atomic E-state index is 4.89. The zero-order valence-corrected chi connectivity index (χ0v) is 6.10. The Kier molecular flexibility index (Phi) is 7.15. The number of unbranched alkanes of at least 4 members (excludes halogenated alkanes) is 2. The molecule has 0 heterocycles. The Morgan fingerprint density at radius 2 is 2.33 bits per heavy atom. The fraction of sp³-hybridized carbons (Fsp3) is 0.625. The van der Waals surface area contributed by atoms with E-state index in [-0.39, 0.29) is 0 Å². The molecule has 0 aromatic rings. The van der Waals surface area contributed by atoms with Crippen LogP contribution in [0, 0.1) is 6.92 Å². The Bertz CT molecular complexity index is 67.0. The van der Waals surface area contributed by atoms with E-state index >= 15 is 0 Å². The molecule has 0 spiro atoms. The summed E-state index contributed by atoms with van der Waals surface area (Å²) in [4.78, 5) is 0. The summed E-state index contributed by atoms with van der Waals surface area (Å²) in [6, 6.07) is 0. The molecule has 0 aromatic heterocycles. The van der Waals surface area contributed by atoms with Crippen molar-refractivity contribution < 1.29 is 4.74 Å². The summed E-state index contributed by atoms with van der Waals surface area (Å²) in [5, 5.41) is 0. The van der Waals surface area contributed by atoms with Crippen LogP contribution in [0.4, 0.5) is 0 Å². The van der Waals surface area contributed by atoms with Crippen LogP contribution in [-0.2, 0) is 4.74 Å². The summed E-state index contributed by atoms with van der Waals surface area (Å²) in [5.74, 6) is 0. The maximum Gasteiger partial charge on any atom is 0.0874 e. The summed E-state index contributed by atoms with van der Waals surface area (Å²) in [7, 11) is 0. The van der Waals surface area contributed by atoms with E-state index in [1.165, 1.54) is 12.8 Å². The molecule has 1 nitrogen and oxygen atoms in total. The number of hydrogen-bond donors (Lipinski definition) is 0. The molecule has 0 saturated carbocycles. The van der Waals surface area contributed by atoms with E-state index in [4.69, 9.17) is 4.74 Å². The van der Waals surface area contributed by atoms with Crippen molar-refractivity contribution in [2.45, 2.75) is 26.2 Å². The molecule has 0 aliphatic rings. The highest BCUT2D eigenvalue weighted by atomic mass is 16.5. The average Bonchev–Trinajstić information content (AvgIpc) is 1.89. The smallest absolute Gasteiger partial charge is 0.0874 e. The lowest BCUT2D eigenvalue weighted by Gasteiger charge is -1.91. The normalized spacial score (nSPS) is 10.4. The molecule has 0 bridgehead atoms. The number of allylic oxidation sites excluding steroid dienone is 1. The van der Waals surface area contributed by atoms with Gasteiger partial charge in [0.15, 0.2) is 0 Å². The predicted octanol–water partition coefficient (Wildman–Crippen LogP) is 2.54. The first-order valence-electron chi connectivity index (χ1n) is 3.47. The van der Waals surface area contributed by atoms with Gasteiger partial charge < -0.3 is 4.74 Å². The van der Waals surface area contributed by atoms with E-state index in [0.29, 0.717) is 6.61 Å². The van der Waals surface area contributed by atoms with Crippen molar-refractivity contribution in [2.24, 2.45) is 0 Å². The molecule has 0 aliphatic carbocycles. The summed E-state index contributed by atoms with van der Waals surface area (Å²) in [6.07, 6.45) is 7.37. The second-order valence-electron chi connectivity index (χ2n) is 1.88. The molecule has 1 heteroatoms. The van der Waals surface area contributed by atoms with Gasteiger partial charge in [-0.05, 0) is 25.8 Å². The molecule has 0 aromatic carbocycles. The van der Waals surface area contributed by atoms with Crippen LogP contribution >= 0.6 is 0 Å². The molecule has 0 atom stereocenters. The third-order valence-corrected chi connectivity index (χ3v) is 1.03. The fourth-order valence-corrected chi connectivity index (χ4v) is 0.526. The van der Waals surface area contributed by atoms with Crippen LogP contribution in [0.2, 0.25) is 0 Å². The maximum atomic E-state index is 4.89. The van der Waals surface area contributed by atoms with Gasteiger partial charge in [-0.15, -0.1) is 0 Å². The Balaban J connectivity index is 2.86. The quantitative estimate of drug-likeness (QED) is 0.407. The van der Waals surface area contributed by atoms with Gasteiger partial charge in [0, 0.05) is 0 Å². The van der Waals surface area contributed by atoms with E-state index in [1.54, 1.807) is 6.26 Å². The van der Waals surface area contributed by atoms with E-state index < -0.39 is 0 Å². The van der Waals surface area contributed by atoms with Crippen molar-refractivity contribution in [3.05, 3.63) is 19.3 Å². The first-order valence-corrected chi connectivity index (χ1v) is 3.47. The zero-order chi connectivity index (χ0) is 6.95. The molecule has 0 aliphatic heterocycles. The molecular formula is C8H15O. The second-order valence-corrected chi connectivity index (χ2v) is 1.88. The molecule has 9 heavy (non-hydrogen) atoms. The van der Waals surface area contributed by atoms with Gasteiger partial charge in [-0.1, -0.05) is 13.3 Å². The molecule has 0 rings (SSSR count). The molecule has 53 valence electrons. The fourth-order valence-electron chi connectivity index (χ4n) is 0.526. The Morgan fingerprint density at radius 1 is 1.56 bits per heavy atom. The van der Waals surface area contributed by atoms with Crippen molar-refractivity contribution in [2.75, 3.05) is 6.61 Å².